The number of aryl methyl sites for hydroxylation is 1. The third-order valence-corrected chi connectivity index (χ3v) is 5.87. The van der Waals surface area contributed by atoms with Crippen LogP contribution < -0.4 is 11.1 Å². The van der Waals surface area contributed by atoms with Gasteiger partial charge in [-0.05, 0) is 25.2 Å². The van der Waals surface area contributed by atoms with Gasteiger partial charge in [0.1, 0.15) is 30.1 Å². The second-order valence-corrected chi connectivity index (χ2v) is 9.93. The van der Waals surface area contributed by atoms with E-state index < -0.39 is 24.9 Å². The Labute approximate surface area is 206 Å². The Kier molecular flexibility index (Phi) is 8.80. The summed E-state index contributed by atoms with van der Waals surface area (Å²) in [5.41, 5.74) is 7.85. The first-order valence-electron chi connectivity index (χ1n) is 11.8. The molecular weight excluding hydrogens is 449 g/mol. The molecule has 0 saturated carbocycles. The van der Waals surface area contributed by atoms with E-state index in [1.807, 2.05) is 74.9 Å². The fourth-order valence-electron chi connectivity index (χ4n) is 3.90. The molecule has 1 aromatic carbocycles. The minimum Gasteiger partial charge on any atom is -0.372 e. The van der Waals surface area contributed by atoms with Crippen molar-refractivity contribution < 1.29 is 18.4 Å². The van der Waals surface area contributed by atoms with E-state index in [0.29, 0.717) is 25.2 Å². The number of amides is 1. The summed E-state index contributed by atoms with van der Waals surface area (Å²) < 4.78 is 25.5. The molecule has 0 saturated heterocycles. The molecule has 1 amide bonds. The summed E-state index contributed by atoms with van der Waals surface area (Å²) in [5, 5.41) is 7.27. The largest absolute Gasteiger partial charge is 0.372 e. The zero-order chi connectivity index (χ0) is 25.6. The van der Waals surface area contributed by atoms with Crippen LogP contribution in [-0.2, 0) is 16.1 Å². The number of rotatable bonds is 11. The normalized spacial score (nSPS) is 14.5. The number of imidazole rings is 1. The molecule has 0 bridgehead atoms. The third-order valence-electron chi connectivity index (χ3n) is 5.87. The molecule has 0 aliphatic rings. The maximum Gasteiger partial charge on any atom is 0.249 e. The Bertz CT molecular complexity index is 1090. The second kappa shape index (κ2) is 11.6. The number of ether oxygens (including phenoxy) is 1. The van der Waals surface area contributed by atoms with Gasteiger partial charge in [0.2, 0.25) is 5.91 Å². The second-order valence-electron chi connectivity index (χ2n) is 9.93. The van der Waals surface area contributed by atoms with E-state index in [0.717, 1.165) is 22.7 Å². The zero-order valence-corrected chi connectivity index (χ0v) is 21.1. The molecular formula is C26H36FN5O3. The Hall–Kier alpha value is -3.04. The van der Waals surface area contributed by atoms with Crippen LogP contribution in [0.2, 0.25) is 0 Å². The molecule has 2 heterocycles. The fourth-order valence-corrected chi connectivity index (χ4v) is 3.90. The third kappa shape index (κ3) is 6.99. The van der Waals surface area contributed by atoms with Crippen LogP contribution in [0.5, 0.6) is 0 Å². The lowest BCUT2D eigenvalue weighted by Gasteiger charge is -2.32. The van der Waals surface area contributed by atoms with Gasteiger partial charge in [-0.25, -0.2) is 9.37 Å². The Morgan fingerprint density at radius 1 is 1.26 bits per heavy atom. The molecule has 2 aromatic heterocycles. The van der Waals surface area contributed by atoms with E-state index in [9.17, 15) is 9.18 Å². The van der Waals surface area contributed by atoms with Crippen molar-refractivity contribution in [2.24, 2.45) is 11.1 Å². The maximum absolute atomic E-state index is 13.2. The lowest BCUT2D eigenvalue weighted by Crippen LogP contribution is -2.44. The van der Waals surface area contributed by atoms with Gasteiger partial charge in [-0.15, -0.1) is 0 Å². The number of halogens is 1. The van der Waals surface area contributed by atoms with Crippen LogP contribution in [-0.4, -0.2) is 46.5 Å². The highest BCUT2D eigenvalue weighted by molar-refractivity contribution is 5.81. The number of alkyl halides is 1. The van der Waals surface area contributed by atoms with Gasteiger partial charge >= 0.3 is 0 Å². The monoisotopic (exact) mass is 485 g/mol. The number of hydrogen-bond donors (Lipinski definition) is 2. The molecule has 0 radical (unpaired) electrons. The summed E-state index contributed by atoms with van der Waals surface area (Å²) in [6.45, 7) is 7.77. The minimum atomic E-state index is -0.743. The highest BCUT2D eigenvalue weighted by Gasteiger charge is 2.34. The lowest BCUT2D eigenvalue weighted by molar-refractivity contribution is -0.133. The summed E-state index contributed by atoms with van der Waals surface area (Å²) >= 11 is 0. The van der Waals surface area contributed by atoms with Crippen LogP contribution in [0, 0.1) is 12.3 Å². The first-order chi connectivity index (χ1) is 16.6. The number of aromatic nitrogens is 3. The van der Waals surface area contributed by atoms with Crippen molar-refractivity contribution in [3.63, 3.8) is 0 Å². The van der Waals surface area contributed by atoms with Crippen LogP contribution in [0.1, 0.15) is 56.9 Å². The molecule has 0 spiro atoms. The van der Waals surface area contributed by atoms with Crippen LogP contribution in [0.25, 0.3) is 11.3 Å². The van der Waals surface area contributed by atoms with Gasteiger partial charge in [0.15, 0.2) is 0 Å². The molecule has 0 aliphatic carbocycles. The molecule has 190 valence electrons. The molecule has 1 unspecified atom stereocenters. The molecule has 3 atom stereocenters. The quantitative estimate of drug-likeness (QED) is 0.422. The van der Waals surface area contributed by atoms with Gasteiger partial charge in [0.25, 0.3) is 0 Å². The summed E-state index contributed by atoms with van der Waals surface area (Å²) in [7, 11) is 1.47. The van der Waals surface area contributed by atoms with Crippen molar-refractivity contribution >= 4 is 5.91 Å². The molecule has 8 nitrogen and oxygen atoms in total. The van der Waals surface area contributed by atoms with Crippen molar-refractivity contribution in [3.8, 4) is 11.3 Å². The summed E-state index contributed by atoms with van der Waals surface area (Å²) in [6.07, 6.45) is 1.90. The predicted molar refractivity (Wildman–Crippen MR) is 132 cm³/mol. The molecule has 3 aromatic rings. The van der Waals surface area contributed by atoms with Crippen LogP contribution in [0.3, 0.4) is 0 Å². The summed E-state index contributed by atoms with van der Waals surface area (Å²) in [5.74, 6) is 1.13. The van der Waals surface area contributed by atoms with Crippen LogP contribution >= 0.6 is 0 Å². The standard InChI is InChI=1S/C26H36FN5O3/c1-17-13-20(31-35-17)15-32-16-21(18-9-7-6-8-10-18)29-24(32)23(26(2,3)4)30-25(33)22(34-5)12-11-19(28)14-27/h6-10,13,16,19,22-23H,11-12,14-15,28H2,1-5H3,(H,30,33)/t19-,22?,23+/m1/s1. The highest BCUT2D eigenvalue weighted by atomic mass is 19.1. The van der Waals surface area contributed by atoms with Crippen LogP contribution in [0.15, 0.2) is 47.1 Å². The van der Waals surface area contributed by atoms with Crippen molar-refractivity contribution in [1.29, 1.82) is 0 Å². The highest BCUT2D eigenvalue weighted by Crippen LogP contribution is 2.34. The van der Waals surface area contributed by atoms with Crippen LogP contribution in [0.4, 0.5) is 4.39 Å². The van der Waals surface area contributed by atoms with E-state index in [2.05, 4.69) is 10.5 Å². The number of carbonyl (C=O) groups is 1. The summed E-state index contributed by atoms with van der Waals surface area (Å²) in [4.78, 5) is 18.2. The fraction of sp³-hybridized carbons (Fsp3) is 0.500. The van der Waals surface area contributed by atoms with Crippen molar-refractivity contribution in [1.82, 2.24) is 20.0 Å². The van der Waals surface area contributed by atoms with Crippen molar-refractivity contribution in [3.05, 3.63) is 59.9 Å². The number of nitrogens with one attached hydrogen (secondary N) is 1. The molecule has 0 aliphatic heterocycles. The van der Waals surface area contributed by atoms with E-state index >= 15 is 0 Å². The number of carbonyl (C=O) groups excluding carboxylic acids is 1. The van der Waals surface area contributed by atoms with Gasteiger partial charge in [-0.1, -0.05) is 56.3 Å². The molecule has 0 fully saturated rings. The summed E-state index contributed by atoms with van der Waals surface area (Å²) in [6, 6.07) is 10.7. The van der Waals surface area contributed by atoms with Crippen molar-refractivity contribution in [2.45, 2.75) is 65.3 Å². The lowest BCUT2D eigenvalue weighted by atomic mass is 9.85. The van der Waals surface area contributed by atoms with Gasteiger partial charge in [0.05, 0.1) is 18.3 Å². The number of nitrogens with two attached hydrogens (primary N) is 1. The molecule has 3 rings (SSSR count). The Balaban J connectivity index is 1.96. The average molecular weight is 486 g/mol. The van der Waals surface area contributed by atoms with Gasteiger partial charge in [-0.3, -0.25) is 4.79 Å². The maximum atomic E-state index is 13.2. The van der Waals surface area contributed by atoms with Crippen molar-refractivity contribution in [2.75, 3.05) is 13.8 Å². The number of hydrogen-bond acceptors (Lipinski definition) is 6. The van der Waals surface area contributed by atoms with E-state index in [1.54, 1.807) is 0 Å². The average Bonchev–Trinajstić information content (AvgIpc) is 3.43. The van der Waals surface area contributed by atoms with E-state index in [4.69, 9.17) is 20.0 Å². The first-order valence-corrected chi connectivity index (χ1v) is 11.8. The Morgan fingerprint density at radius 2 is 1.97 bits per heavy atom. The molecule has 3 N–H and O–H groups in total. The van der Waals surface area contributed by atoms with E-state index in [1.165, 1.54) is 7.11 Å². The number of methoxy groups -OCH3 is 1. The number of benzene rings is 1. The molecule has 35 heavy (non-hydrogen) atoms. The topological polar surface area (TPSA) is 108 Å². The number of nitrogens with zero attached hydrogens (tertiary/aromatic N) is 3. The minimum absolute atomic E-state index is 0.286. The van der Waals surface area contributed by atoms with Gasteiger partial charge in [-0.2, -0.15) is 0 Å². The zero-order valence-electron chi connectivity index (χ0n) is 21.1. The van der Waals surface area contributed by atoms with E-state index in [-0.39, 0.29) is 11.3 Å². The molecule has 9 heteroatoms. The van der Waals surface area contributed by atoms with Gasteiger partial charge < -0.3 is 24.9 Å². The first kappa shape index (κ1) is 26.6. The predicted octanol–water partition coefficient (Wildman–Crippen LogP) is 4.19. The smallest absolute Gasteiger partial charge is 0.249 e. The Morgan fingerprint density at radius 3 is 2.54 bits per heavy atom. The SMILES string of the molecule is COC(CC[C@@H](N)CF)C(=O)N[C@@H](c1nc(-c2ccccc2)cn1Cc1cc(C)on1)C(C)(C)C. The van der Waals surface area contributed by atoms with Gasteiger partial charge in [0, 0.05) is 31.0 Å².